The van der Waals surface area contributed by atoms with Gasteiger partial charge >= 0.3 is 0 Å². The Hall–Kier alpha value is -1.63. The Morgan fingerprint density at radius 1 is 1.13 bits per heavy atom. The van der Waals surface area contributed by atoms with Crippen molar-refractivity contribution in [2.75, 3.05) is 0 Å². The Labute approximate surface area is 141 Å². The highest BCUT2D eigenvalue weighted by atomic mass is 15.0. The fourth-order valence-electron chi connectivity index (χ4n) is 4.32. The number of hydrogen-bond donors (Lipinski definition) is 0. The third-order valence-electron chi connectivity index (χ3n) is 6.20. The molecule has 0 N–H and O–H groups in total. The molecule has 1 aromatic heterocycles. The van der Waals surface area contributed by atoms with E-state index in [9.17, 15) is 0 Å². The van der Waals surface area contributed by atoms with Gasteiger partial charge in [-0.3, -0.25) is 0 Å². The molecule has 2 heterocycles. The number of aromatic nitrogens is 1. The van der Waals surface area contributed by atoms with Crippen LogP contribution in [0.1, 0.15) is 77.0 Å². The molecule has 1 nitrogen and oxygen atoms in total. The van der Waals surface area contributed by atoms with E-state index in [0.29, 0.717) is 12.0 Å². The Bertz CT molecular complexity index is 703. The van der Waals surface area contributed by atoms with E-state index in [0.717, 1.165) is 0 Å². The second kappa shape index (κ2) is 6.11. The Morgan fingerprint density at radius 3 is 2.52 bits per heavy atom. The van der Waals surface area contributed by atoms with Gasteiger partial charge in [0.2, 0.25) is 5.69 Å². The minimum absolute atomic E-state index is 0.209. The molecule has 1 aliphatic rings. The molecule has 1 heteroatoms. The lowest BCUT2D eigenvalue weighted by atomic mass is 9.68. The molecule has 2 aromatic rings. The summed E-state index contributed by atoms with van der Waals surface area (Å²) in [4.78, 5) is 0. The van der Waals surface area contributed by atoms with Gasteiger partial charge < -0.3 is 0 Å². The van der Waals surface area contributed by atoms with E-state index in [2.05, 4.69) is 81.8 Å². The van der Waals surface area contributed by atoms with Crippen molar-refractivity contribution >= 4 is 0 Å². The van der Waals surface area contributed by atoms with Gasteiger partial charge in [-0.05, 0) is 42.9 Å². The van der Waals surface area contributed by atoms with Crippen LogP contribution >= 0.6 is 0 Å². The van der Waals surface area contributed by atoms with Crippen LogP contribution in [0.2, 0.25) is 0 Å². The number of rotatable bonds is 4. The zero-order valence-electron chi connectivity index (χ0n) is 15.3. The van der Waals surface area contributed by atoms with Gasteiger partial charge in [-0.25, -0.2) is 0 Å². The van der Waals surface area contributed by atoms with Crippen LogP contribution in [0.3, 0.4) is 0 Å². The maximum absolute atomic E-state index is 2.54. The second-order valence-electron chi connectivity index (χ2n) is 7.30. The van der Waals surface area contributed by atoms with Crippen LogP contribution < -0.4 is 4.57 Å². The van der Waals surface area contributed by atoms with E-state index in [1.807, 2.05) is 0 Å². The maximum Gasteiger partial charge on any atom is 0.213 e. The zero-order chi connectivity index (χ0) is 16.6. The van der Waals surface area contributed by atoms with Gasteiger partial charge in [-0.1, -0.05) is 45.9 Å². The van der Waals surface area contributed by atoms with Crippen molar-refractivity contribution in [2.24, 2.45) is 0 Å². The largest absolute Gasteiger partial charge is 0.213 e. The van der Waals surface area contributed by atoms with E-state index in [1.54, 1.807) is 0 Å². The number of benzene rings is 1. The number of nitrogens with zero attached hydrogens (tertiary/aromatic N) is 1. The average molecular weight is 308 g/mol. The molecule has 1 aromatic carbocycles. The van der Waals surface area contributed by atoms with Crippen molar-refractivity contribution in [3.8, 4) is 11.3 Å². The fraction of sp³-hybridized carbons (Fsp3) is 0.500. The highest BCUT2D eigenvalue weighted by Crippen LogP contribution is 2.46. The quantitative estimate of drug-likeness (QED) is 0.630. The number of fused-ring (bicyclic) bond motifs is 3. The summed E-state index contributed by atoms with van der Waals surface area (Å²) in [6.07, 6.45) is 5.87. The molecule has 23 heavy (non-hydrogen) atoms. The predicted molar refractivity (Wildman–Crippen MR) is 97.8 cm³/mol. The SMILES string of the molecule is CCC(C)c1cc[n+]2c(c1)-c1ccccc1C(C)(CC)C2CC. The molecule has 1 aliphatic heterocycles. The van der Waals surface area contributed by atoms with E-state index in [4.69, 9.17) is 0 Å². The molecule has 0 spiro atoms. The Kier molecular flexibility index (Phi) is 4.31. The lowest BCUT2D eigenvalue weighted by molar-refractivity contribution is -0.724. The first kappa shape index (κ1) is 16.2. The normalized spacial score (nSPS) is 24.0. The van der Waals surface area contributed by atoms with E-state index in [1.165, 1.54) is 41.6 Å². The van der Waals surface area contributed by atoms with Gasteiger partial charge in [0.05, 0.1) is 11.0 Å². The summed E-state index contributed by atoms with van der Waals surface area (Å²) < 4.78 is 2.54. The van der Waals surface area contributed by atoms with E-state index in [-0.39, 0.29) is 5.41 Å². The number of hydrogen-bond acceptors (Lipinski definition) is 0. The van der Waals surface area contributed by atoms with E-state index < -0.39 is 0 Å². The molecule has 0 saturated heterocycles. The molecule has 0 bridgehead atoms. The summed E-state index contributed by atoms with van der Waals surface area (Å²) in [5.41, 5.74) is 6.02. The Morgan fingerprint density at radius 2 is 1.87 bits per heavy atom. The van der Waals surface area contributed by atoms with Crippen LogP contribution in [0.25, 0.3) is 11.3 Å². The maximum atomic E-state index is 2.54. The molecular formula is C22H30N+. The summed E-state index contributed by atoms with van der Waals surface area (Å²) in [5.74, 6) is 0.618. The van der Waals surface area contributed by atoms with Crippen molar-refractivity contribution in [2.45, 2.75) is 71.3 Å². The van der Waals surface area contributed by atoms with Crippen molar-refractivity contribution in [3.63, 3.8) is 0 Å². The minimum atomic E-state index is 0.209. The third kappa shape index (κ3) is 2.41. The smallest absolute Gasteiger partial charge is 0.195 e. The second-order valence-corrected chi connectivity index (χ2v) is 7.30. The van der Waals surface area contributed by atoms with Gasteiger partial charge in [-0.2, -0.15) is 4.57 Å². The summed E-state index contributed by atoms with van der Waals surface area (Å²) >= 11 is 0. The number of pyridine rings is 1. The summed E-state index contributed by atoms with van der Waals surface area (Å²) in [6, 6.07) is 14.3. The molecule has 3 unspecified atom stereocenters. The lowest BCUT2D eigenvalue weighted by Crippen LogP contribution is -2.54. The molecule has 0 saturated carbocycles. The first-order chi connectivity index (χ1) is 11.1. The van der Waals surface area contributed by atoms with Crippen molar-refractivity contribution in [1.82, 2.24) is 0 Å². The lowest BCUT2D eigenvalue weighted by Gasteiger charge is -2.38. The highest BCUT2D eigenvalue weighted by Gasteiger charge is 2.46. The Balaban J connectivity index is 2.27. The van der Waals surface area contributed by atoms with Gasteiger partial charge in [-0.15, -0.1) is 0 Å². The fourth-order valence-corrected chi connectivity index (χ4v) is 4.32. The van der Waals surface area contributed by atoms with Crippen LogP contribution in [0.4, 0.5) is 0 Å². The highest BCUT2D eigenvalue weighted by molar-refractivity contribution is 5.65. The van der Waals surface area contributed by atoms with Gasteiger partial charge in [0.1, 0.15) is 0 Å². The first-order valence-corrected chi connectivity index (χ1v) is 9.21. The van der Waals surface area contributed by atoms with Crippen molar-refractivity contribution < 1.29 is 4.57 Å². The van der Waals surface area contributed by atoms with Crippen LogP contribution in [0.5, 0.6) is 0 Å². The molecule has 0 aliphatic carbocycles. The van der Waals surface area contributed by atoms with Crippen LogP contribution in [-0.2, 0) is 5.41 Å². The van der Waals surface area contributed by atoms with Gasteiger partial charge in [0, 0.05) is 18.6 Å². The molecule has 3 rings (SSSR count). The summed E-state index contributed by atoms with van der Waals surface area (Å²) in [6.45, 7) is 11.7. The van der Waals surface area contributed by atoms with Crippen LogP contribution in [0.15, 0.2) is 42.6 Å². The molecule has 0 radical (unpaired) electrons. The van der Waals surface area contributed by atoms with Crippen molar-refractivity contribution in [1.29, 1.82) is 0 Å². The van der Waals surface area contributed by atoms with Gasteiger partial charge in [0.15, 0.2) is 12.2 Å². The summed E-state index contributed by atoms with van der Waals surface area (Å²) in [5, 5.41) is 0. The molecule has 3 atom stereocenters. The third-order valence-corrected chi connectivity index (χ3v) is 6.20. The topological polar surface area (TPSA) is 3.88 Å². The molecule has 0 amide bonds. The van der Waals surface area contributed by atoms with Crippen LogP contribution in [0, 0.1) is 0 Å². The predicted octanol–water partition coefficient (Wildman–Crippen LogP) is 5.79. The van der Waals surface area contributed by atoms with E-state index >= 15 is 0 Å². The van der Waals surface area contributed by atoms with Crippen LogP contribution in [-0.4, -0.2) is 0 Å². The molecule has 0 fully saturated rings. The standard InChI is InChI=1S/C22H30N/c1-6-16(4)17-13-14-23-20(15-17)18-11-9-10-12-19(18)22(5,8-3)21(23)7-2/h9-16,21H,6-8H2,1-5H3/q+1. The van der Waals surface area contributed by atoms with Gasteiger partial charge in [0.25, 0.3) is 0 Å². The zero-order valence-corrected chi connectivity index (χ0v) is 15.3. The molecule has 122 valence electrons. The minimum Gasteiger partial charge on any atom is -0.195 e. The first-order valence-electron chi connectivity index (χ1n) is 9.21. The van der Waals surface area contributed by atoms with Crippen molar-refractivity contribution in [3.05, 3.63) is 53.7 Å². The monoisotopic (exact) mass is 308 g/mol. The average Bonchev–Trinajstić information content (AvgIpc) is 2.61. The molecular weight excluding hydrogens is 278 g/mol. The summed E-state index contributed by atoms with van der Waals surface area (Å²) in [7, 11) is 0.